The van der Waals surface area contributed by atoms with Crippen LogP contribution in [0, 0.1) is 6.92 Å². The summed E-state index contributed by atoms with van der Waals surface area (Å²) in [7, 11) is 0. The Hall–Kier alpha value is -1.94. The number of carboxylic acids is 1. The van der Waals surface area contributed by atoms with Crippen molar-refractivity contribution in [3.05, 3.63) is 41.7 Å². The minimum atomic E-state index is -0.816. The summed E-state index contributed by atoms with van der Waals surface area (Å²) in [6.45, 7) is 2.01. The maximum atomic E-state index is 10.5. The van der Waals surface area contributed by atoms with Gasteiger partial charge < -0.3 is 10.8 Å². The molecule has 4 nitrogen and oxygen atoms in total. The molecule has 0 saturated carbocycles. The predicted octanol–water partition coefficient (Wildman–Crippen LogP) is 2.41. The number of hydrogen-bond acceptors (Lipinski definition) is 3. The number of nitrogens with zero attached hydrogens (tertiary/aromatic N) is 1. The number of carbonyl (C=O) groups is 1. The van der Waals surface area contributed by atoms with Gasteiger partial charge in [-0.05, 0) is 35.9 Å². The largest absolute Gasteiger partial charge is 0.481 e. The molecule has 0 radical (unpaired) electrons. The highest BCUT2D eigenvalue weighted by Gasteiger charge is 2.09. The standard InChI is InChI=1S/C14H16N2O2/c1-9-7-16-8-11-6-10(2-3-12(9)11)13(15)4-5-14(17)18/h2-3,6-8,13H,4-5,15H2,1H3,(H,17,18). The highest BCUT2D eigenvalue weighted by Crippen LogP contribution is 2.23. The van der Waals surface area contributed by atoms with Crippen molar-refractivity contribution in [2.24, 2.45) is 5.73 Å². The smallest absolute Gasteiger partial charge is 0.303 e. The van der Waals surface area contributed by atoms with E-state index in [1.165, 1.54) is 0 Å². The van der Waals surface area contributed by atoms with Crippen LogP contribution in [0.2, 0.25) is 0 Å². The molecule has 0 aliphatic rings. The van der Waals surface area contributed by atoms with Gasteiger partial charge in [0.2, 0.25) is 0 Å². The van der Waals surface area contributed by atoms with Gasteiger partial charge in [-0.25, -0.2) is 0 Å². The van der Waals surface area contributed by atoms with Crippen molar-refractivity contribution in [3.8, 4) is 0 Å². The highest BCUT2D eigenvalue weighted by atomic mass is 16.4. The summed E-state index contributed by atoms with van der Waals surface area (Å²) < 4.78 is 0. The van der Waals surface area contributed by atoms with Crippen LogP contribution in [0.1, 0.15) is 30.0 Å². The molecule has 3 N–H and O–H groups in total. The monoisotopic (exact) mass is 244 g/mol. The van der Waals surface area contributed by atoms with Gasteiger partial charge in [0.05, 0.1) is 0 Å². The van der Waals surface area contributed by atoms with Crippen molar-refractivity contribution in [1.29, 1.82) is 0 Å². The first-order valence-corrected chi connectivity index (χ1v) is 5.89. The van der Waals surface area contributed by atoms with E-state index >= 15 is 0 Å². The number of rotatable bonds is 4. The Bertz CT molecular complexity index is 581. The SMILES string of the molecule is Cc1cncc2cc(C(N)CCC(=O)O)ccc12. The van der Waals surface area contributed by atoms with Gasteiger partial charge in [0.25, 0.3) is 0 Å². The van der Waals surface area contributed by atoms with E-state index in [9.17, 15) is 4.79 Å². The zero-order valence-electron chi connectivity index (χ0n) is 10.3. The van der Waals surface area contributed by atoms with Gasteiger partial charge in [-0.2, -0.15) is 0 Å². The number of hydrogen-bond donors (Lipinski definition) is 2. The Morgan fingerprint density at radius 3 is 2.94 bits per heavy atom. The molecule has 2 rings (SSSR count). The average molecular weight is 244 g/mol. The lowest BCUT2D eigenvalue weighted by Gasteiger charge is -2.12. The molecule has 0 amide bonds. The predicted molar refractivity (Wildman–Crippen MR) is 70.3 cm³/mol. The average Bonchev–Trinajstić information content (AvgIpc) is 2.35. The molecule has 1 heterocycles. The van der Waals surface area contributed by atoms with Gasteiger partial charge in [0.1, 0.15) is 0 Å². The number of fused-ring (bicyclic) bond motifs is 1. The minimum absolute atomic E-state index is 0.0886. The van der Waals surface area contributed by atoms with E-state index in [1.807, 2.05) is 31.3 Å². The Labute approximate surface area is 105 Å². The third-order valence-electron chi connectivity index (χ3n) is 3.08. The van der Waals surface area contributed by atoms with Gasteiger partial charge in [0.15, 0.2) is 0 Å². The summed E-state index contributed by atoms with van der Waals surface area (Å²) in [4.78, 5) is 14.7. The lowest BCUT2D eigenvalue weighted by molar-refractivity contribution is -0.137. The molecule has 0 saturated heterocycles. The van der Waals surface area contributed by atoms with E-state index < -0.39 is 5.97 Å². The number of aliphatic carboxylic acids is 1. The Balaban J connectivity index is 2.27. The second-order valence-electron chi connectivity index (χ2n) is 4.48. The van der Waals surface area contributed by atoms with Gasteiger partial charge in [-0.1, -0.05) is 12.1 Å². The summed E-state index contributed by atoms with van der Waals surface area (Å²) >= 11 is 0. The normalized spacial score (nSPS) is 12.6. The lowest BCUT2D eigenvalue weighted by Crippen LogP contribution is -2.12. The molecule has 1 aromatic carbocycles. The lowest BCUT2D eigenvalue weighted by atomic mass is 9.99. The first kappa shape index (κ1) is 12.5. The molecule has 4 heteroatoms. The molecule has 94 valence electrons. The van der Waals surface area contributed by atoms with Crippen molar-refractivity contribution >= 4 is 16.7 Å². The van der Waals surface area contributed by atoms with E-state index in [2.05, 4.69) is 4.98 Å². The molecule has 2 aromatic rings. The van der Waals surface area contributed by atoms with Crippen molar-refractivity contribution in [2.45, 2.75) is 25.8 Å². The molecule has 18 heavy (non-hydrogen) atoms. The number of aromatic nitrogens is 1. The van der Waals surface area contributed by atoms with Gasteiger partial charge in [0, 0.05) is 30.2 Å². The van der Waals surface area contributed by atoms with Gasteiger partial charge >= 0.3 is 5.97 Å². The van der Waals surface area contributed by atoms with E-state index in [0.29, 0.717) is 6.42 Å². The zero-order valence-corrected chi connectivity index (χ0v) is 10.3. The third kappa shape index (κ3) is 2.65. The molecule has 0 fully saturated rings. The van der Waals surface area contributed by atoms with Crippen molar-refractivity contribution in [1.82, 2.24) is 4.98 Å². The fourth-order valence-electron chi connectivity index (χ4n) is 2.02. The molecule has 0 aliphatic carbocycles. The van der Waals surface area contributed by atoms with Crippen LogP contribution in [-0.2, 0) is 4.79 Å². The molecule has 0 bridgehead atoms. The second-order valence-corrected chi connectivity index (χ2v) is 4.48. The van der Waals surface area contributed by atoms with Crippen LogP contribution in [0.25, 0.3) is 10.8 Å². The first-order chi connectivity index (χ1) is 8.58. The molecule has 1 atom stereocenters. The summed E-state index contributed by atoms with van der Waals surface area (Å²) in [5.41, 5.74) is 8.07. The Morgan fingerprint density at radius 2 is 2.22 bits per heavy atom. The van der Waals surface area contributed by atoms with E-state index in [1.54, 1.807) is 6.20 Å². The zero-order chi connectivity index (χ0) is 13.1. The number of aryl methyl sites for hydroxylation is 1. The third-order valence-corrected chi connectivity index (χ3v) is 3.08. The molecular weight excluding hydrogens is 228 g/mol. The molecule has 1 unspecified atom stereocenters. The maximum absolute atomic E-state index is 10.5. The summed E-state index contributed by atoms with van der Waals surface area (Å²) in [6.07, 6.45) is 4.16. The minimum Gasteiger partial charge on any atom is -0.481 e. The molecular formula is C14H16N2O2. The van der Waals surface area contributed by atoms with Crippen LogP contribution in [-0.4, -0.2) is 16.1 Å². The maximum Gasteiger partial charge on any atom is 0.303 e. The number of carboxylic acid groups (broad SMARTS) is 1. The number of benzene rings is 1. The topological polar surface area (TPSA) is 76.2 Å². The van der Waals surface area contributed by atoms with Gasteiger partial charge in [-0.3, -0.25) is 9.78 Å². The molecule has 0 spiro atoms. The molecule has 0 aliphatic heterocycles. The van der Waals surface area contributed by atoms with Crippen molar-refractivity contribution in [2.75, 3.05) is 0 Å². The fraction of sp³-hybridized carbons (Fsp3) is 0.286. The Kier molecular flexibility index (Phi) is 3.58. The summed E-state index contributed by atoms with van der Waals surface area (Å²) in [5.74, 6) is -0.816. The number of pyridine rings is 1. The second kappa shape index (κ2) is 5.14. The highest BCUT2D eigenvalue weighted by molar-refractivity contribution is 5.85. The van der Waals surface area contributed by atoms with Crippen LogP contribution in [0.3, 0.4) is 0 Å². The quantitative estimate of drug-likeness (QED) is 0.865. The Morgan fingerprint density at radius 1 is 1.44 bits per heavy atom. The van der Waals surface area contributed by atoms with E-state index in [0.717, 1.165) is 21.9 Å². The summed E-state index contributed by atoms with van der Waals surface area (Å²) in [6, 6.07) is 5.72. The first-order valence-electron chi connectivity index (χ1n) is 5.89. The molecule has 1 aromatic heterocycles. The van der Waals surface area contributed by atoms with Crippen molar-refractivity contribution < 1.29 is 9.90 Å². The van der Waals surface area contributed by atoms with Crippen LogP contribution < -0.4 is 5.73 Å². The van der Waals surface area contributed by atoms with Crippen LogP contribution in [0.5, 0.6) is 0 Å². The van der Waals surface area contributed by atoms with E-state index in [-0.39, 0.29) is 12.5 Å². The van der Waals surface area contributed by atoms with E-state index in [4.69, 9.17) is 10.8 Å². The van der Waals surface area contributed by atoms with Gasteiger partial charge in [-0.15, -0.1) is 0 Å². The van der Waals surface area contributed by atoms with Crippen LogP contribution in [0.15, 0.2) is 30.6 Å². The van der Waals surface area contributed by atoms with Crippen LogP contribution in [0.4, 0.5) is 0 Å². The fourth-order valence-corrected chi connectivity index (χ4v) is 2.02. The van der Waals surface area contributed by atoms with Crippen LogP contribution >= 0.6 is 0 Å². The number of nitrogens with two attached hydrogens (primary N) is 1. The van der Waals surface area contributed by atoms with Crippen molar-refractivity contribution in [3.63, 3.8) is 0 Å². The summed E-state index contributed by atoms with van der Waals surface area (Å²) in [5, 5.41) is 10.8.